The molecule has 0 bridgehead atoms. The lowest BCUT2D eigenvalue weighted by Gasteiger charge is -2.21. The Balaban J connectivity index is 1.44. The first-order chi connectivity index (χ1) is 14.6. The maximum Gasteiger partial charge on any atom is 0.272 e. The first kappa shape index (κ1) is 20.0. The summed E-state index contributed by atoms with van der Waals surface area (Å²) in [5.74, 6) is 1.33. The zero-order chi connectivity index (χ0) is 20.9. The molecule has 0 saturated carbocycles. The van der Waals surface area contributed by atoms with E-state index in [1.807, 2.05) is 55.5 Å². The van der Waals surface area contributed by atoms with Crippen molar-refractivity contribution in [2.45, 2.75) is 19.5 Å². The highest BCUT2D eigenvalue weighted by molar-refractivity contribution is 6.33. The van der Waals surface area contributed by atoms with Crippen molar-refractivity contribution in [2.75, 3.05) is 18.5 Å². The number of benzene rings is 2. The van der Waals surface area contributed by atoms with Crippen LogP contribution in [0.5, 0.6) is 11.5 Å². The van der Waals surface area contributed by atoms with Gasteiger partial charge in [0.25, 0.3) is 5.91 Å². The number of ether oxygens (including phenoxy) is 2. The minimum Gasteiger partial charge on any atom is -0.486 e. The van der Waals surface area contributed by atoms with E-state index >= 15 is 0 Å². The van der Waals surface area contributed by atoms with Gasteiger partial charge in [0.2, 0.25) is 5.95 Å². The van der Waals surface area contributed by atoms with Gasteiger partial charge in [-0.15, -0.1) is 0 Å². The van der Waals surface area contributed by atoms with E-state index in [1.54, 1.807) is 0 Å². The van der Waals surface area contributed by atoms with Gasteiger partial charge in [0.05, 0.1) is 17.3 Å². The number of anilines is 1. The van der Waals surface area contributed by atoms with Gasteiger partial charge in [-0.05, 0) is 30.2 Å². The molecule has 2 N–H and O–H groups in total. The highest BCUT2D eigenvalue weighted by Gasteiger charge is 2.19. The van der Waals surface area contributed by atoms with Gasteiger partial charge in [-0.1, -0.05) is 48.0 Å². The molecule has 30 heavy (non-hydrogen) atoms. The average Bonchev–Trinajstić information content (AvgIpc) is 2.78. The van der Waals surface area contributed by atoms with Gasteiger partial charge in [-0.2, -0.15) is 0 Å². The van der Waals surface area contributed by atoms with Crippen LogP contribution in [-0.2, 0) is 6.54 Å². The van der Waals surface area contributed by atoms with Crippen LogP contribution in [0.4, 0.5) is 5.95 Å². The van der Waals surface area contributed by atoms with Crippen LogP contribution in [0.25, 0.3) is 0 Å². The highest BCUT2D eigenvalue weighted by atomic mass is 35.5. The molecule has 1 atom stereocenters. The molecule has 1 aliphatic heterocycles. The van der Waals surface area contributed by atoms with Gasteiger partial charge in [-0.25, -0.2) is 9.97 Å². The minimum absolute atomic E-state index is 0.117. The Morgan fingerprint density at radius 3 is 2.70 bits per heavy atom. The van der Waals surface area contributed by atoms with Crippen LogP contribution in [0.2, 0.25) is 5.02 Å². The molecule has 0 spiro atoms. The minimum atomic E-state index is -0.382. The standard InChI is InChI=1S/C22H21ClN4O3/c1-14(16-7-8-18-19(11-16)30-10-9-29-18)26-21(28)20-17(23)13-25-22(27-20)24-12-15-5-3-2-4-6-15/h2-8,11,13-14H,9-10,12H2,1H3,(H,26,28)(H,24,25,27). The Morgan fingerprint density at radius 2 is 1.90 bits per heavy atom. The Labute approximate surface area is 179 Å². The van der Waals surface area contributed by atoms with Crippen LogP contribution >= 0.6 is 11.6 Å². The number of nitrogens with one attached hydrogen (secondary N) is 2. The summed E-state index contributed by atoms with van der Waals surface area (Å²) in [5.41, 5.74) is 2.08. The summed E-state index contributed by atoms with van der Waals surface area (Å²) in [6.07, 6.45) is 1.42. The molecule has 154 valence electrons. The number of aromatic nitrogens is 2. The zero-order valence-electron chi connectivity index (χ0n) is 16.4. The van der Waals surface area contributed by atoms with Crippen molar-refractivity contribution in [3.8, 4) is 11.5 Å². The number of halogens is 1. The molecular formula is C22H21ClN4O3. The summed E-state index contributed by atoms with van der Waals surface area (Å²) in [7, 11) is 0. The Bertz CT molecular complexity index is 1050. The summed E-state index contributed by atoms with van der Waals surface area (Å²) in [4.78, 5) is 21.2. The second kappa shape index (κ2) is 9.00. The lowest BCUT2D eigenvalue weighted by Crippen LogP contribution is -2.28. The number of nitrogens with zero attached hydrogens (tertiary/aromatic N) is 2. The fourth-order valence-corrected chi connectivity index (χ4v) is 3.24. The molecule has 4 rings (SSSR count). The van der Waals surface area contributed by atoms with E-state index in [9.17, 15) is 4.79 Å². The van der Waals surface area contributed by atoms with E-state index in [-0.39, 0.29) is 22.7 Å². The summed E-state index contributed by atoms with van der Waals surface area (Å²) in [6.45, 7) is 3.46. The van der Waals surface area contributed by atoms with E-state index in [1.165, 1.54) is 6.20 Å². The first-order valence-corrected chi connectivity index (χ1v) is 9.98. The smallest absolute Gasteiger partial charge is 0.272 e. The molecule has 2 aromatic carbocycles. The molecule has 1 amide bonds. The summed E-state index contributed by atoms with van der Waals surface area (Å²) >= 11 is 6.18. The van der Waals surface area contributed by atoms with E-state index < -0.39 is 0 Å². The molecular weight excluding hydrogens is 404 g/mol. The number of fused-ring (bicyclic) bond motifs is 1. The molecule has 0 fully saturated rings. The number of hydrogen-bond acceptors (Lipinski definition) is 6. The largest absolute Gasteiger partial charge is 0.486 e. The van der Waals surface area contributed by atoms with Gasteiger partial charge in [0, 0.05) is 6.54 Å². The molecule has 0 aliphatic carbocycles. The number of amides is 1. The molecule has 0 radical (unpaired) electrons. The molecule has 3 aromatic rings. The van der Waals surface area contributed by atoms with Crippen molar-refractivity contribution in [2.24, 2.45) is 0 Å². The number of carbonyl (C=O) groups is 1. The van der Waals surface area contributed by atoms with Crippen molar-refractivity contribution in [3.05, 3.63) is 76.6 Å². The van der Waals surface area contributed by atoms with Crippen molar-refractivity contribution in [3.63, 3.8) is 0 Å². The third-order valence-corrected chi connectivity index (χ3v) is 4.94. The SMILES string of the molecule is CC(NC(=O)c1nc(NCc2ccccc2)ncc1Cl)c1ccc2c(c1)OCCO2. The van der Waals surface area contributed by atoms with Gasteiger partial charge in [0.15, 0.2) is 17.2 Å². The molecule has 2 heterocycles. The van der Waals surface area contributed by atoms with Crippen molar-refractivity contribution >= 4 is 23.5 Å². The quantitative estimate of drug-likeness (QED) is 0.622. The predicted molar refractivity (Wildman–Crippen MR) is 114 cm³/mol. The summed E-state index contributed by atoms with van der Waals surface area (Å²) in [5, 5.41) is 6.22. The van der Waals surface area contributed by atoms with Gasteiger partial charge in [-0.3, -0.25) is 4.79 Å². The third-order valence-electron chi connectivity index (χ3n) is 4.67. The summed E-state index contributed by atoms with van der Waals surface area (Å²) < 4.78 is 11.2. The monoisotopic (exact) mass is 424 g/mol. The normalized spacial score (nSPS) is 13.4. The maximum atomic E-state index is 12.8. The fraction of sp³-hybridized carbons (Fsp3) is 0.227. The van der Waals surface area contributed by atoms with Gasteiger partial charge >= 0.3 is 0 Å². The van der Waals surface area contributed by atoms with Crippen molar-refractivity contribution < 1.29 is 14.3 Å². The van der Waals surface area contributed by atoms with E-state index in [0.717, 1.165) is 11.1 Å². The lowest BCUT2D eigenvalue weighted by molar-refractivity contribution is 0.0934. The molecule has 0 saturated heterocycles. The predicted octanol–water partition coefficient (Wildman–Crippen LogP) is 4.00. The molecule has 1 aliphatic rings. The van der Waals surface area contributed by atoms with Crippen molar-refractivity contribution in [1.29, 1.82) is 0 Å². The maximum absolute atomic E-state index is 12.8. The fourth-order valence-electron chi connectivity index (χ4n) is 3.07. The number of carbonyl (C=O) groups excluding carboxylic acids is 1. The van der Waals surface area contributed by atoms with Crippen LogP contribution in [0.15, 0.2) is 54.7 Å². The average molecular weight is 425 g/mol. The Hall–Kier alpha value is -3.32. The van der Waals surface area contributed by atoms with Crippen LogP contribution in [0, 0.1) is 0 Å². The topological polar surface area (TPSA) is 85.4 Å². The molecule has 7 nitrogen and oxygen atoms in total. The second-order valence-corrected chi connectivity index (χ2v) is 7.23. The molecule has 1 unspecified atom stereocenters. The van der Waals surface area contributed by atoms with E-state index in [2.05, 4.69) is 20.6 Å². The van der Waals surface area contributed by atoms with Gasteiger partial charge < -0.3 is 20.1 Å². The second-order valence-electron chi connectivity index (χ2n) is 6.83. The van der Waals surface area contributed by atoms with Crippen LogP contribution in [0.1, 0.15) is 34.6 Å². The zero-order valence-corrected chi connectivity index (χ0v) is 17.1. The van der Waals surface area contributed by atoms with Crippen molar-refractivity contribution in [1.82, 2.24) is 15.3 Å². The lowest BCUT2D eigenvalue weighted by atomic mass is 10.1. The highest BCUT2D eigenvalue weighted by Crippen LogP contribution is 2.32. The van der Waals surface area contributed by atoms with E-state index in [0.29, 0.717) is 37.2 Å². The Kier molecular flexibility index (Phi) is 5.99. The number of hydrogen-bond donors (Lipinski definition) is 2. The summed E-state index contributed by atoms with van der Waals surface area (Å²) in [6, 6.07) is 15.2. The first-order valence-electron chi connectivity index (χ1n) is 9.61. The third kappa shape index (κ3) is 4.63. The Morgan fingerprint density at radius 1 is 1.13 bits per heavy atom. The van der Waals surface area contributed by atoms with E-state index in [4.69, 9.17) is 21.1 Å². The molecule has 1 aromatic heterocycles. The van der Waals surface area contributed by atoms with Gasteiger partial charge in [0.1, 0.15) is 13.2 Å². The van der Waals surface area contributed by atoms with Crippen LogP contribution < -0.4 is 20.1 Å². The van der Waals surface area contributed by atoms with Crippen LogP contribution in [-0.4, -0.2) is 29.1 Å². The van der Waals surface area contributed by atoms with Crippen LogP contribution in [0.3, 0.4) is 0 Å². The molecule has 8 heteroatoms. The number of rotatable bonds is 6.